The van der Waals surface area contributed by atoms with Crippen LogP contribution in [0.1, 0.15) is 20.3 Å². The second kappa shape index (κ2) is 10.0. The van der Waals surface area contributed by atoms with Gasteiger partial charge in [0.25, 0.3) is 5.22 Å². The Morgan fingerprint density at radius 1 is 0.963 bits per heavy atom. The second-order valence-corrected chi connectivity index (χ2v) is 7.00. The summed E-state index contributed by atoms with van der Waals surface area (Å²) in [6.45, 7) is 6.97. The van der Waals surface area contributed by atoms with Gasteiger partial charge in [-0.25, -0.2) is 0 Å². The molecule has 0 atom stereocenters. The zero-order valence-corrected chi connectivity index (χ0v) is 16.6. The van der Waals surface area contributed by atoms with Crippen LogP contribution < -0.4 is 9.64 Å². The van der Waals surface area contributed by atoms with Gasteiger partial charge in [0.2, 0.25) is 5.89 Å². The monoisotopic (exact) mass is 383 g/mol. The summed E-state index contributed by atoms with van der Waals surface area (Å²) in [5, 5.41) is 8.89. The molecule has 0 aliphatic carbocycles. The summed E-state index contributed by atoms with van der Waals surface area (Å²) in [6.07, 6.45) is 0.913. The number of nitrogens with zero attached hydrogens (tertiary/aromatic N) is 3. The van der Waals surface area contributed by atoms with E-state index in [-0.39, 0.29) is 0 Å². The molecule has 0 bridgehead atoms. The van der Waals surface area contributed by atoms with Crippen molar-refractivity contribution < 1.29 is 9.15 Å². The lowest BCUT2D eigenvalue weighted by atomic mass is 10.2. The molecule has 0 spiro atoms. The first-order valence-corrected chi connectivity index (χ1v) is 10.3. The molecule has 2 aromatic carbocycles. The second-order valence-electron chi connectivity index (χ2n) is 5.96. The number of ether oxygens (including phenoxy) is 1. The van der Waals surface area contributed by atoms with Crippen LogP contribution in [0.25, 0.3) is 11.5 Å². The Hall–Kier alpha value is -2.47. The van der Waals surface area contributed by atoms with Gasteiger partial charge in [0.05, 0.1) is 6.61 Å². The van der Waals surface area contributed by atoms with Crippen molar-refractivity contribution in [3.63, 3.8) is 0 Å². The predicted molar refractivity (Wildman–Crippen MR) is 111 cm³/mol. The third kappa shape index (κ3) is 5.50. The summed E-state index contributed by atoms with van der Waals surface area (Å²) in [5.41, 5.74) is 2.15. The first kappa shape index (κ1) is 19.3. The van der Waals surface area contributed by atoms with Crippen LogP contribution in [0.2, 0.25) is 0 Å². The van der Waals surface area contributed by atoms with Crippen molar-refractivity contribution in [2.75, 3.05) is 30.3 Å². The van der Waals surface area contributed by atoms with Crippen LogP contribution in [0.4, 0.5) is 5.69 Å². The molecular weight excluding hydrogens is 358 g/mol. The minimum Gasteiger partial charge on any atom is -0.494 e. The fourth-order valence-corrected chi connectivity index (χ4v) is 3.39. The first-order valence-electron chi connectivity index (χ1n) is 9.29. The number of thioether (sulfide) groups is 1. The van der Waals surface area contributed by atoms with E-state index in [1.165, 1.54) is 5.69 Å². The van der Waals surface area contributed by atoms with Gasteiger partial charge < -0.3 is 14.1 Å². The van der Waals surface area contributed by atoms with Crippen molar-refractivity contribution >= 4 is 17.4 Å². The highest BCUT2D eigenvalue weighted by Crippen LogP contribution is 2.25. The van der Waals surface area contributed by atoms with Crippen LogP contribution >= 0.6 is 11.8 Å². The minimum absolute atomic E-state index is 0.559. The standard InChI is InChI=1S/C21H25N3O2S/c1-3-24(4-2)18-13-11-17(12-14-18)20-22-23-21(26-20)27-16-8-15-25-19-9-6-5-7-10-19/h5-7,9-14H,3-4,8,15-16H2,1-2H3. The molecule has 1 aromatic heterocycles. The highest BCUT2D eigenvalue weighted by atomic mass is 32.2. The van der Waals surface area contributed by atoms with E-state index < -0.39 is 0 Å². The van der Waals surface area contributed by atoms with Crippen LogP contribution in [-0.2, 0) is 0 Å². The van der Waals surface area contributed by atoms with Gasteiger partial charge in [-0.2, -0.15) is 0 Å². The lowest BCUT2D eigenvalue weighted by molar-refractivity contribution is 0.318. The zero-order valence-electron chi connectivity index (χ0n) is 15.8. The van der Waals surface area contributed by atoms with Crippen molar-refractivity contribution in [2.45, 2.75) is 25.5 Å². The maximum Gasteiger partial charge on any atom is 0.276 e. The summed E-state index contributed by atoms with van der Waals surface area (Å²) >= 11 is 1.56. The van der Waals surface area contributed by atoms with Gasteiger partial charge in [0, 0.05) is 30.1 Å². The summed E-state index contributed by atoms with van der Waals surface area (Å²) in [7, 11) is 0. The van der Waals surface area contributed by atoms with Crippen molar-refractivity contribution in [1.82, 2.24) is 10.2 Å². The number of rotatable bonds is 10. The summed E-state index contributed by atoms with van der Waals surface area (Å²) in [5.74, 6) is 2.33. The molecule has 0 N–H and O–H groups in total. The number of anilines is 1. The Bertz CT molecular complexity index is 802. The number of benzene rings is 2. The third-order valence-corrected chi connectivity index (χ3v) is 5.08. The van der Waals surface area contributed by atoms with Gasteiger partial charge in [0.15, 0.2) is 0 Å². The van der Waals surface area contributed by atoms with Crippen molar-refractivity contribution in [3.05, 3.63) is 54.6 Å². The topological polar surface area (TPSA) is 51.4 Å². The fraction of sp³-hybridized carbons (Fsp3) is 0.333. The Labute approximate surface area is 164 Å². The number of hydrogen-bond donors (Lipinski definition) is 0. The van der Waals surface area contributed by atoms with Gasteiger partial charge in [-0.15, -0.1) is 10.2 Å². The molecule has 5 nitrogen and oxygen atoms in total. The molecule has 0 aliphatic rings. The van der Waals surface area contributed by atoms with E-state index in [0.29, 0.717) is 17.7 Å². The number of para-hydroxylation sites is 1. The Morgan fingerprint density at radius 3 is 2.41 bits per heavy atom. The number of hydrogen-bond acceptors (Lipinski definition) is 6. The maximum absolute atomic E-state index is 5.77. The van der Waals surface area contributed by atoms with Gasteiger partial charge in [-0.05, 0) is 56.7 Å². The van der Waals surface area contributed by atoms with Crippen LogP contribution in [-0.4, -0.2) is 35.6 Å². The van der Waals surface area contributed by atoms with Crippen molar-refractivity contribution in [3.8, 4) is 17.2 Å². The van der Waals surface area contributed by atoms with E-state index in [4.69, 9.17) is 9.15 Å². The summed E-state index contributed by atoms with van der Waals surface area (Å²) in [6, 6.07) is 18.1. The Kier molecular flexibility index (Phi) is 7.16. The SMILES string of the molecule is CCN(CC)c1ccc(-c2nnc(SCCCOc3ccccc3)o2)cc1. The largest absolute Gasteiger partial charge is 0.494 e. The van der Waals surface area contributed by atoms with Gasteiger partial charge in [0.1, 0.15) is 5.75 Å². The lowest BCUT2D eigenvalue weighted by Gasteiger charge is -2.20. The quantitative estimate of drug-likeness (QED) is 0.357. The van der Waals surface area contributed by atoms with Crippen LogP contribution in [0.3, 0.4) is 0 Å². The first-order chi connectivity index (χ1) is 13.3. The van der Waals surface area contributed by atoms with Gasteiger partial charge in [-0.1, -0.05) is 30.0 Å². The van der Waals surface area contributed by atoms with Crippen LogP contribution in [0, 0.1) is 0 Å². The molecule has 6 heteroatoms. The van der Waals surface area contributed by atoms with E-state index in [9.17, 15) is 0 Å². The van der Waals surface area contributed by atoms with Crippen LogP contribution in [0.5, 0.6) is 5.75 Å². The van der Waals surface area contributed by atoms with E-state index in [0.717, 1.165) is 36.6 Å². The third-order valence-electron chi connectivity index (χ3n) is 4.18. The molecule has 27 heavy (non-hydrogen) atoms. The smallest absolute Gasteiger partial charge is 0.276 e. The molecular formula is C21H25N3O2S. The molecule has 0 amide bonds. The van der Waals surface area contributed by atoms with Crippen molar-refractivity contribution in [2.24, 2.45) is 0 Å². The Balaban J connectivity index is 1.46. The molecule has 0 saturated carbocycles. The Morgan fingerprint density at radius 2 is 1.70 bits per heavy atom. The molecule has 0 unspecified atom stereocenters. The average Bonchev–Trinajstić information content (AvgIpc) is 3.19. The summed E-state index contributed by atoms with van der Waals surface area (Å²) < 4.78 is 11.5. The molecule has 0 aliphatic heterocycles. The fourth-order valence-electron chi connectivity index (χ4n) is 2.71. The number of aromatic nitrogens is 2. The molecule has 1 heterocycles. The van der Waals surface area contributed by atoms with Crippen LogP contribution in [0.15, 0.2) is 64.2 Å². The zero-order chi connectivity index (χ0) is 18.9. The minimum atomic E-state index is 0.559. The molecule has 0 radical (unpaired) electrons. The van der Waals surface area contributed by atoms with E-state index >= 15 is 0 Å². The summed E-state index contributed by atoms with van der Waals surface area (Å²) in [4.78, 5) is 2.30. The molecule has 3 rings (SSSR count). The average molecular weight is 384 g/mol. The lowest BCUT2D eigenvalue weighted by Crippen LogP contribution is -2.21. The maximum atomic E-state index is 5.77. The predicted octanol–water partition coefficient (Wildman–Crippen LogP) is 5.14. The normalized spacial score (nSPS) is 10.7. The highest BCUT2D eigenvalue weighted by Gasteiger charge is 2.10. The van der Waals surface area contributed by atoms with Crippen molar-refractivity contribution in [1.29, 1.82) is 0 Å². The van der Waals surface area contributed by atoms with Gasteiger partial charge >= 0.3 is 0 Å². The highest BCUT2D eigenvalue weighted by molar-refractivity contribution is 7.99. The molecule has 0 fully saturated rings. The van der Waals surface area contributed by atoms with E-state index in [1.54, 1.807) is 11.8 Å². The molecule has 142 valence electrons. The molecule has 3 aromatic rings. The van der Waals surface area contributed by atoms with E-state index in [1.807, 2.05) is 42.5 Å². The van der Waals surface area contributed by atoms with Gasteiger partial charge in [-0.3, -0.25) is 0 Å². The molecule has 0 saturated heterocycles. The van der Waals surface area contributed by atoms with E-state index in [2.05, 4.69) is 41.1 Å².